The summed E-state index contributed by atoms with van der Waals surface area (Å²) in [5.41, 5.74) is 6.05. The van der Waals surface area contributed by atoms with Crippen LogP contribution in [0.5, 0.6) is 0 Å². The molecule has 0 aliphatic carbocycles. The monoisotopic (exact) mass is 593 g/mol. The summed E-state index contributed by atoms with van der Waals surface area (Å²) in [7, 11) is 1.92. The van der Waals surface area contributed by atoms with Crippen LogP contribution in [0.4, 0.5) is 11.5 Å². The maximum atomic E-state index is 13.5. The van der Waals surface area contributed by atoms with E-state index < -0.39 is 0 Å². The van der Waals surface area contributed by atoms with E-state index in [1.54, 1.807) is 23.0 Å². The van der Waals surface area contributed by atoms with Gasteiger partial charge >= 0.3 is 0 Å². The fraction of sp³-hybridized carbons (Fsp3) is 0.353. The molecule has 2 aliphatic heterocycles. The maximum Gasteiger partial charge on any atom is 0.257 e. The molecule has 0 saturated carbocycles. The highest BCUT2D eigenvalue weighted by atomic mass is 16.3. The van der Waals surface area contributed by atoms with Crippen LogP contribution in [-0.2, 0) is 7.05 Å². The first-order valence-electron chi connectivity index (χ1n) is 15.2. The lowest BCUT2D eigenvalue weighted by Gasteiger charge is -2.33. The summed E-state index contributed by atoms with van der Waals surface area (Å²) in [6.45, 7) is 5.57. The Hall–Kier alpha value is -4.54. The van der Waals surface area contributed by atoms with Crippen molar-refractivity contribution in [1.82, 2.24) is 25.0 Å². The van der Waals surface area contributed by atoms with E-state index in [0.29, 0.717) is 42.4 Å². The molecular weight excluding hydrogens is 554 g/mol. The van der Waals surface area contributed by atoms with Crippen molar-refractivity contribution in [2.45, 2.75) is 31.7 Å². The van der Waals surface area contributed by atoms with Crippen LogP contribution in [-0.4, -0.2) is 82.0 Å². The Kier molecular flexibility index (Phi) is 8.72. The summed E-state index contributed by atoms with van der Waals surface area (Å²) in [6, 6.07) is 17.8. The van der Waals surface area contributed by atoms with Crippen molar-refractivity contribution < 1.29 is 14.7 Å². The number of carbonyl (C=O) groups excluding carboxylic acids is 2. The first kappa shape index (κ1) is 29.5. The van der Waals surface area contributed by atoms with Crippen LogP contribution in [0.1, 0.15) is 50.6 Å². The predicted molar refractivity (Wildman–Crippen MR) is 171 cm³/mol. The molecular formula is C34H39N7O3. The first-order valence-corrected chi connectivity index (χ1v) is 15.2. The normalized spacial score (nSPS) is 17.5. The summed E-state index contributed by atoms with van der Waals surface area (Å²) >= 11 is 0. The molecule has 3 N–H and O–H groups in total. The second-order valence-corrected chi connectivity index (χ2v) is 11.8. The average Bonchev–Trinajstić information content (AvgIpc) is 3.51. The number of likely N-dealkylation sites (tertiary alicyclic amines) is 1. The van der Waals surface area contributed by atoms with Gasteiger partial charge in [0.2, 0.25) is 0 Å². The van der Waals surface area contributed by atoms with Crippen molar-refractivity contribution >= 4 is 23.3 Å². The Balaban J connectivity index is 1.05. The van der Waals surface area contributed by atoms with E-state index >= 15 is 0 Å². The second-order valence-electron chi connectivity index (χ2n) is 11.8. The number of nitrogens with zero attached hydrogens (tertiary/aromatic N) is 5. The number of amides is 2. The third-order valence-electron chi connectivity index (χ3n) is 8.75. The highest BCUT2D eigenvalue weighted by molar-refractivity contribution is 6.05. The Morgan fingerprint density at radius 1 is 0.977 bits per heavy atom. The molecule has 10 nitrogen and oxygen atoms in total. The third kappa shape index (κ3) is 6.51. The van der Waals surface area contributed by atoms with Gasteiger partial charge in [-0.3, -0.25) is 14.3 Å². The van der Waals surface area contributed by atoms with E-state index in [1.165, 1.54) is 5.56 Å². The predicted octanol–water partition coefficient (Wildman–Crippen LogP) is 3.83. The fourth-order valence-corrected chi connectivity index (χ4v) is 6.06. The molecule has 228 valence electrons. The summed E-state index contributed by atoms with van der Waals surface area (Å²) in [5, 5.41) is 20.0. The van der Waals surface area contributed by atoms with Crippen molar-refractivity contribution in [2.75, 3.05) is 49.5 Å². The molecule has 44 heavy (non-hydrogen) atoms. The lowest BCUT2D eigenvalue weighted by molar-refractivity contribution is 0.0712. The van der Waals surface area contributed by atoms with Gasteiger partial charge in [0.05, 0.1) is 18.4 Å². The van der Waals surface area contributed by atoms with Crippen LogP contribution in [0.15, 0.2) is 73.2 Å². The zero-order valence-electron chi connectivity index (χ0n) is 25.2. The molecule has 2 fully saturated rings. The summed E-state index contributed by atoms with van der Waals surface area (Å²) in [6.07, 6.45) is 7.27. The quantitative estimate of drug-likeness (QED) is 0.298. The van der Waals surface area contributed by atoms with Crippen LogP contribution in [0.3, 0.4) is 0 Å². The Labute approximate surface area is 257 Å². The lowest BCUT2D eigenvalue weighted by Crippen LogP contribution is -2.52. The van der Waals surface area contributed by atoms with E-state index in [4.69, 9.17) is 0 Å². The van der Waals surface area contributed by atoms with Gasteiger partial charge in [0, 0.05) is 75.0 Å². The number of pyridine rings is 1. The van der Waals surface area contributed by atoms with Gasteiger partial charge in [-0.2, -0.15) is 5.10 Å². The molecule has 1 atom stereocenters. The number of piperidine rings is 1. The van der Waals surface area contributed by atoms with E-state index in [1.807, 2.05) is 49.5 Å². The molecule has 4 heterocycles. The van der Waals surface area contributed by atoms with Gasteiger partial charge in [-0.15, -0.1) is 0 Å². The van der Waals surface area contributed by atoms with Crippen molar-refractivity contribution in [3.63, 3.8) is 0 Å². The number of aliphatic hydroxyl groups is 1. The number of nitrogens with one attached hydrogen (secondary N) is 2. The smallest absolute Gasteiger partial charge is 0.257 e. The Morgan fingerprint density at radius 2 is 1.75 bits per heavy atom. The number of aliphatic hydroxyl groups excluding tert-OH is 1. The number of hydrogen-bond donors (Lipinski definition) is 3. The molecule has 0 spiro atoms. The van der Waals surface area contributed by atoms with Crippen LogP contribution in [0.2, 0.25) is 0 Å². The summed E-state index contributed by atoms with van der Waals surface area (Å²) in [4.78, 5) is 35.1. The lowest BCUT2D eigenvalue weighted by atomic mass is 9.88. The van der Waals surface area contributed by atoms with Crippen molar-refractivity contribution in [3.05, 3.63) is 95.4 Å². The molecule has 2 amide bonds. The van der Waals surface area contributed by atoms with Gasteiger partial charge in [-0.25, -0.2) is 4.98 Å². The number of benzene rings is 2. The molecule has 2 aromatic heterocycles. The molecule has 2 saturated heterocycles. The number of aryl methyl sites for hydroxylation is 2. The minimum absolute atomic E-state index is 0.00790. The minimum atomic E-state index is -0.277. The van der Waals surface area contributed by atoms with Gasteiger partial charge in [0.25, 0.3) is 11.8 Å². The standard InChI is InChI=1S/C34H39N7O3/c1-23-3-4-27(17-31(23)38-33(43)28-9-10-32(36-18-28)41-16-13-35-30(21-41)22-42)34(44)40-14-11-26(12-15-40)24-5-7-25(8-6-24)29-19-37-39(2)20-29/h3-10,17-20,26,30,35,42H,11-16,21-22H2,1-2H3,(H,38,43)/t30-/m1/s1. The van der Waals surface area contributed by atoms with Crippen LogP contribution >= 0.6 is 0 Å². The Morgan fingerprint density at radius 3 is 2.43 bits per heavy atom. The zero-order chi connectivity index (χ0) is 30.6. The number of anilines is 2. The number of carbonyl (C=O) groups is 2. The number of hydrogen-bond acceptors (Lipinski definition) is 7. The molecule has 4 aromatic rings. The van der Waals surface area contributed by atoms with Gasteiger partial charge in [-0.1, -0.05) is 30.3 Å². The van der Waals surface area contributed by atoms with E-state index in [9.17, 15) is 14.7 Å². The fourth-order valence-electron chi connectivity index (χ4n) is 6.06. The second kappa shape index (κ2) is 13.0. The topological polar surface area (TPSA) is 116 Å². The molecule has 0 bridgehead atoms. The van der Waals surface area contributed by atoms with Gasteiger partial charge in [-0.05, 0) is 66.6 Å². The zero-order valence-corrected chi connectivity index (χ0v) is 25.2. The number of rotatable bonds is 7. The highest BCUT2D eigenvalue weighted by Gasteiger charge is 2.25. The van der Waals surface area contributed by atoms with Crippen LogP contribution in [0, 0.1) is 6.92 Å². The molecule has 10 heteroatoms. The van der Waals surface area contributed by atoms with Gasteiger partial charge in [0.1, 0.15) is 5.82 Å². The molecule has 0 unspecified atom stereocenters. The van der Waals surface area contributed by atoms with Crippen molar-refractivity contribution in [2.24, 2.45) is 7.05 Å². The van der Waals surface area contributed by atoms with Crippen molar-refractivity contribution in [1.29, 1.82) is 0 Å². The summed E-state index contributed by atoms with van der Waals surface area (Å²) < 4.78 is 1.81. The molecule has 0 radical (unpaired) electrons. The third-order valence-corrected chi connectivity index (χ3v) is 8.75. The van der Waals surface area contributed by atoms with E-state index in [-0.39, 0.29) is 24.5 Å². The maximum absolute atomic E-state index is 13.5. The largest absolute Gasteiger partial charge is 0.395 e. The minimum Gasteiger partial charge on any atom is -0.395 e. The van der Waals surface area contributed by atoms with E-state index in [2.05, 4.69) is 49.9 Å². The van der Waals surface area contributed by atoms with Crippen LogP contribution in [0.25, 0.3) is 11.1 Å². The average molecular weight is 594 g/mol. The molecule has 2 aromatic carbocycles. The SMILES string of the molecule is Cc1ccc(C(=O)N2CCC(c3ccc(-c4cnn(C)c4)cc3)CC2)cc1NC(=O)c1ccc(N2CCN[C@@H](CO)C2)nc1. The van der Waals surface area contributed by atoms with E-state index in [0.717, 1.165) is 48.4 Å². The van der Waals surface area contributed by atoms with Gasteiger partial charge < -0.3 is 25.5 Å². The first-order chi connectivity index (χ1) is 21.4. The van der Waals surface area contributed by atoms with Crippen molar-refractivity contribution in [3.8, 4) is 11.1 Å². The number of piperazine rings is 1. The number of aromatic nitrogens is 3. The van der Waals surface area contributed by atoms with Gasteiger partial charge in [0.15, 0.2) is 0 Å². The molecule has 2 aliphatic rings. The Bertz CT molecular complexity index is 1610. The van der Waals surface area contributed by atoms with Crippen LogP contribution < -0.4 is 15.5 Å². The summed E-state index contributed by atoms with van der Waals surface area (Å²) in [5.74, 6) is 0.892. The highest BCUT2D eigenvalue weighted by Crippen LogP contribution is 2.31. The molecule has 6 rings (SSSR count).